The maximum atomic E-state index is 11.1. The molecule has 2 aromatic carbocycles. The summed E-state index contributed by atoms with van der Waals surface area (Å²) in [6, 6.07) is 14.3. The highest BCUT2D eigenvalue weighted by atomic mass is 35.5. The van der Waals surface area contributed by atoms with Gasteiger partial charge in [0, 0.05) is 21.8 Å². The summed E-state index contributed by atoms with van der Waals surface area (Å²) in [5, 5.41) is 12.9. The van der Waals surface area contributed by atoms with E-state index in [1.807, 2.05) is 36.4 Å². The third-order valence-corrected chi connectivity index (χ3v) is 4.14. The highest BCUT2D eigenvalue weighted by Gasteiger charge is 2.24. The van der Waals surface area contributed by atoms with Gasteiger partial charge >= 0.3 is 5.97 Å². The van der Waals surface area contributed by atoms with Gasteiger partial charge in [-0.1, -0.05) is 54.2 Å². The molecule has 116 valence electrons. The lowest BCUT2D eigenvalue weighted by Gasteiger charge is -2.11. The molecule has 0 radical (unpaired) electrons. The largest absolute Gasteiger partial charge is 0.481 e. The van der Waals surface area contributed by atoms with Crippen molar-refractivity contribution >= 4 is 46.2 Å². The molecule has 0 aliphatic carbocycles. The maximum absolute atomic E-state index is 11.1. The van der Waals surface area contributed by atoms with E-state index in [2.05, 4.69) is 10.3 Å². The summed E-state index contributed by atoms with van der Waals surface area (Å²) in [6.07, 6.45) is -0.156. The van der Waals surface area contributed by atoms with Crippen molar-refractivity contribution in [2.75, 3.05) is 5.32 Å². The van der Waals surface area contributed by atoms with Crippen LogP contribution in [-0.2, 0) is 4.79 Å². The zero-order chi connectivity index (χ0) is 16.4. The van der Waals surface area contributed by atoms with Crippen molar-refractivity contribution < 1.29 is 9.90 Å². The zero-order valence-electron chi connectivity index (χ0n) is 12.0. The van der Waals surface area contributed by atoms with Crippen LogP contribution in [-0.4, -0.2) is 27.8 Å². The smallest absolute Gasteiger partial charge is 0.305 e. The van der Waals surface area contributed by atoms with Crippen molar-refractivity contribution in [3.05, 3.63) is 64.7 Å². The summed E-state index contributed by atoms with van der Waals surface area (Å²) >= 11 is 11.3. The highest BCUT2D eigenvalue weighted by Crippen LogP contribution is 2.26. The summed E-state index contributed by atoms with van der Waals surface area (Å²) in [7, 11) is 0. The van der Waals surface area contributed by atoms with Gasteiger partial charge in [0.1, 0.15) is 11.0 Å². The number of aliphatic carboxylic acids is 1. The van der Waals surface area contributed by atoms with Gasteiger partial charge in [0.05, 0.1) is 12.1 Å². The summed E-state index contributed by atoms with van der Waals surface area (Å²) < 4.78 is 0. The Kier molecular flexibility index (Phi) is 4.41. The van der Waals surface area contributed by atoms with Gasteiger partial charge in [-0.2, -0.15) is 0 Å². The number of rotatable bonds is 3. The lowest BCUT2D eigenvalue weighted by atomic mass is 10.0. The number of anilines is 1. The summed E-state index contributed by atoms with van der Waals surface area (Å²) in [6.45, 7) is 0. The molecule has 2 aromatic rings. The van der Waals surface area contributed by atoms with Gasteiger partial charge in [0.2, 0.25) is 0 Å². The van der Waals surface area contributed by atoms with Crippen LogP contribution < -0.4 is 5.32 Å². The number of aliphatic imine (C=N–C) groups is 1. The number of carbonyl (C=O) groups is 1. The Morgan fingerprint density at radius 2 is 1.91 bits per heavy atom. The molecule has 6 heteroatoms. The summed E-state index contributed by atoms with van der Waals surface area (Å²) in [4.78, 5) is 16.1. The highest BCUT2D eigenvalue weighted by molar-refractivity contribution is 7.80. The number of nitrogens with zero attached hydrogens (tertiary/aromatic N) is 1. The number of benzodiazepines with no additional fused rings is 1. The van der Waals surface area contributed by atoms with E-state index in [0.29, 0.717) is 15.7 Å². The van der Waals surface area contributed by atoms with Crippen molar-refractivity contribution in [2.24, 2.45) is 4.99 Å². The Balaban J connectivity index is 2.15. The molecule has 3 rings (SSSR count). The lowest BCUT2D eigenvalue weighted by molar-refractivity contribution is -0.137. The maximum Gasteiger partial charge on any atom is 0.305 e. The van der Waals surface area contributed by atoms with Gasteiger partial charge in [0.25, 0.3) is 0 Å². The lowest BCUT2D eigenvalue weighted by Crippen LogP contribution is -2.26. The van der Waals surface area contributed by atoms with E-state index in [0.717, 1.165) is 16.8 Å². The van der Waals surface area contributed by atoms with E-state index in [9.17, 15) is 4.79 Å². The minimum absolute atomic E-state index is 0.156. The first-order valence-corrected chi connectivity index (χ1v) is 7.79. The molecule has 1 atom stereocenters. The van der Waals surface area contributed by atoms with Crippen molar-refractivity contribution in [3.63, 3.8) is 0 Å². The fraction of sp³-hybridized carbons (Fsp3) is 0.118. The topological polar surface area (TPSA) is 61.7 Å². The molecular formula is C17H13ClN2O2S. The Morgan fingerprint density at radius 3 is 2.61 bits per heavy atom. The van der Waals surface area contributed by atoms with Crippen LogP contribution in [0.15, 0.2) is 53.5 Å². The molecular weight excluding hydrogens is 332 g/mol. The molecule has 0 bridgehead atoms. The first kappa shape index (κ1) is 15.6. The number of thiocarbonyl (C=S) groups is 1. The van der Waals surface area contributed by atoms with Crippen LogP contribution in [0.5, 0.6) is 0 Å². The molecule has 23 heavy (non-hydrogen) atoms. The first-order chi connectivity index (χ1) is 11.0. The molecule has 4 nitrogen and oxygen atoms in total. The van der Waals surface area contributed by atoms with Crippen LogP contribution in [0, 0.1) is 0 Å². The van der Waals surface area contributed by atoms with Gasteiger partial charge in [0.15, 0.2) is 0 Å². The molecule has 2 N–H and O–H groups in total. The number of hydrogen-bond donors (Lipinski definition) is 2. The average Bonchev–Trinajstić information content (AvgIpc) is 2.65. The Hall–Kier alpha value is -2.24. The fourth-order valence-corrected chi connectivity index (χ4v) is 2.81. The van der Waals surface area contributed by atoms with Crippen molar-refractivity contribution in [2.45, 2.75) is 12.5 Å². The van der Waals surface area contributed by atoms with Gasteiger partial charge in [-0.25, -0.2) is 0 Å². The second-order valence-corrected chi connectivity index (χ2v) is 6.01. The molecule has 0 fully saturated rings. The number of carboxylic acid groups (broad SMARTS) is 1. The molecule has 0 spiro atoms. The van der Waals surface area contributed by atoms with Crippen LogP contribution in [0.4, 0.5) is 5.69 Å². The van der Waals surface area contributed by atoms with Gasteiger partial charge < -0.3 is 10.4 Å². The van der Waals surface area contributed by atoms with Crippen molar-refractivity contribution in [1.82, 2.24) is 0 Å². The third-order valence-electron chi connectivity index (χ3n) is 3.51. The first-order valence-electron chi connectivity index (χ1n) is 7.00. The van der Waals surface area contributed by atoms with Crippen LogP contribution in [0.2, 0.25) is 5.02 Å². The zero-order valence-corrected chi connectivity index (χ0v) is 13.6. The second kappa shape index (κ2) is 6.48. The van der Waals surface area contributed by atoms with E-state index in [-0.39, 0.29) is 6.42 Å². The predicted octanol–water partition coefficient (Wildman–Crippen LogP) is 3.77. The number of nitrogens with one attached hydrogen (secondary N) is 1. The Morgan fingerprint density at radius 1 is 1.22 bits per heavy atom. The molecule has 0 amide bonds. The van der Waals surface area contributed by atoms with Crippen molar-refractivity contribution in [1.29, 1.82) is 0 Å². The summed E-state index contributed by atoms with van der Waals surface area (Å²) in [5.74, 6) is -0.940. The minimum atomic E-state index is -0.940. The average molecular weight is 345 g/mol. The summed E-state index contributed by atoms with van der Waals surface area (Å²) in [5.41, 5.74) is 3.27. The fourth-order valence-electron chi connectivity index (χ4n) is 2.44. The van der Waals surface area contributed by atoms with E-state index in [1.54, 1.807) is 12.1 Å². The van der Waals surface area contributed by atoms with Gasteiger partial charge in [-0.15, -0.1) is 0 Å². The van der Waals surface area contributed by atoms with Crippen molar-refractivity contribution in [3.8, 4) is 0 Å². The van der Waals surface area contributed by atoms with Crippen LogP contribution in [0.25, 0.3) is 0 Å². The molecule has 0 saturated heterocycles. The standard InChI is InChI=1S/C17H13ClN2O2S/c18-11-7-5-10(6-8-11)16-12-3-1-2-4-13(12)20-17(23)14(19-16)9-15(21)22/h1-8,14H,9H2,(H,20,23)(H,21,22)/t14-/m0/s1. The number of benzene rings is 2. The Bertz CT molecular complexity index is 802. The van der Waals surface area contributed by atoms with E-state index in [1.165, 1.54) is 0 Å². The van der Waals surface area contributed by atoms with E-state index in [4.69, 9.17) is 28.9 Å². The minimum Gasteiger partial charge on any atom is -0.481 e. The van der Waals surface area contributed by atoms with Crippen LogP contribution in [0.3, 0.4) is 0 Å². The number of fused-ring (bicyclic) bond motifs is 1. The van der Waals surface area contributed by atoms with E-state index < -0.39 is 12.0 Å². The Labute approximate surface area is 143 Å². The molecule has 1 heterocycles. The van der Waals surface area contributed by atoms with Crippen LogP contribution >= 0.6 is 23.8 Å². The molecule has 0 saturated carbocycles. The predicted molar refractivity (Wildman–Crippen MR) is 95.8 cm³/mol. The van der Waals surface area contributed by atoms with E-state index >= 15 is 0 Å². The molecule has 1 aliphatic rings. The SMILES string of the molecule is O=C(O)C[C@@H]1N=C(c2ccc(Cl)cc2)c2ccccc2NC1=S. The molecule has 0 aromatic heterocycles. The normalized spacial score (nSPS) is 16.8. The van der Waals surface area contributed by atoms with Gasteiger partial charge in [-0.3, -0.25) is 9.79 Å². The molecule has 0 unspecified atom stereocenters. The number of hydrogen-bond acceptors (Lipinski definition) is 3. The number of para-hydroxylation sites is 1. The second-order valence-electron chi connectivity index (χ2n) is 5.13. The quantitative estimate of drug-likeness (QED) is 0.832. The monoisotopic (exact) mass is 344 g/mol. The van der Waals surface area contributed by atoms with Crippen LogP contribution in [0.1, 0.15) is 17.5 Å². The number of halogens is 1. The molecule has 1 aliphatic heterocycles. The third kappa shape index (κ3) is 3.41. The number of carboxylic acids is 1. The van der Waals surface area contributed by atoms with Gasteiger partial charge in [-0.05, 0) is 18.2 Å².